The number of nitrogens with zero attached hydrogens (tertiary/aromatic N) is 2. The van der Waals surface area contributed by atoms with Crippen LogP contribution in [0.25, 0.3) is 0 Å². The molecule has 146 valence electrons. The van der Waals surface area contributed by atoms with Crippen molar-refractivity contribution in [3.8, 4) is 17.2 Å². The number of ether oxygens (including phenoxy) is 3. The summed E-state index contributed by atoms with van der Waals surface area (Å²) in [4.78, 5) is 6.37. The molecule has 0 aromatic heterocycles. The van der Waals surface area contributed by atoms with Crippen LogP contribution in [0.15, 0.2) is 53.5 Å². The molecule has 0 saturated carbocycles. The zero-order chi connectivity index (χ0) is 19.5. The van der Waals surface area contributed by atoms with Crippen molar-refractivity contribution in [3.63, 3.8) is 0 Å². The fraction of sp³-hybridized carbons (Fsp3) is 0.381. The largest absolute Gasteiger partial charge is 0.493 e. The Morgan fingerprint density at radius 2 is 1.85 bits per heavy atom. The fourth-order valence-electron chi connectivity index (χ4n) is 2.59. The smallest absolute Gasteiger partial charge is 0.193 e. The summed E-state index contributed by atoms with van der Waals surface area (Å²) < 4.78 is 16.7. The monoisotopic (exact) mass is 371 g/mol. The van der Waals surface area contributed by atoms with Gasteiger partial charge in [-0.3, -0.25) is 4.99 Å². The van der Waals surface area contributed by atoms with E-state index in [1.54, 1.807) is 14.2 Å². The third-order valence-electron chi connectivity index (χ3n) is 3.99. The Kier molecular flexibility index (Phi) is 8.29. The van der Waals surface area contributed by atoms with Gasteiger partial charge in [-0.1, -0.05) is 24.3 Å². The Balaban J connectivity index is 1.85. The van der Waals surface area contributed by atoms with E-state index in [2.05, 4.69) is 10.3 Å². The molecule has 0 heterocycles. The van der Waals surface area contributed by atoms with Crippen molar-refractivity contribution >= 4 is 5.96 Å². The highest BCUT2D eigenvalue weighted by molar-refractivity contribution is 5.79. The lowest BCUT2D eigenvalue weighted by Crippen LogP contribution is -2.40. The van der Waals surface area contributed by atoms with Gasteiger partial charge >= 0.3 is 0 Å². The lowest BCUT2D eigenvalue weighted by Gasteiger charge is -2.22. The van der Waals surface area contributed by atoms with E-state index in [1.807, 2.05) is 67.4 Å². The van der Waals surface area contributed by atoms with Gasteiger partial charge in [0.15, 0.2) is 17.5 Å². The summed E-state index contributed by atoms with van der Waals surface area (Å²) in [5.74, 6) is 3.16. The van der Waals surface area contributed by atoms with E-state index < -0.39 is 0 Å². The summed E-state index contributed by atoms with van der Waals surface area (Å²) in [6.45, 7) is 4.51. The van der Waals surface area contributed by atoms with Crippen molar-refractivity contribution in [2.24, 2.45) is 4.99 Å². The number of rotatable bonds is 9. The summed E-state index contributed by atoms with van der Waals surface area (Å²) in [5, 5.41) is 3.36. The Morgan fingerprint density at radius 1 is 1.07 bits per heavy atom. The van der Waals surface area contributed by atoms with Crippen LogP contribution in [0.3, 0.4) is 0 Å². The van der Waals surface area contributed by atoms with Crippen LogP contribution in [0.5, 0.6) is 17.2 Å². The maximum atomic E-state index is 5.75. The van der Waals surface area contributed by atoms with Crippen molar-refractivity contribution in [2.75, 3.05) is 41.0 Å². The molecule has 0 aliphatic rings. The van der Waals surface area contributed by atoms with Crippen molar-refractivity contribution in [1.82, 2.24) is 10.2 Å². The third kappa shape index (κ3) is 6.40. The van der Waals surface area contributed by atoms with Crippen LogP contribution in [-0.4, -0.2) is 51.8 Å². The minimum atomic E-state index is 0.581. The normalized spacial score (nSPS) is 11.0. The molecule has 0 unspecified atom stereocenters. The molecule has 2 rings (SSSR count). The topological polar surface area (TPSA) is 55.3 Å². The van der Waals surface area contributed by atoms with Gasteiger partial charge in [0.05, 0.1) is 20.3 Å². The predicted molar refractivity (Wildman–Crippen MR) is 109 cm³/mol. The summed E-state index contributed by atoms with van der Waals surface area (Å²) in [7, 11) is 5.41. The van der Waals surface area contributed by atoms with E-state index >= 15 is 0 Å². The molecule has 0 radical (unpaired) electrons. The van der Waals surface area contributed by atoms with E-state index in [4.69, 9.17) is 14.2 Å². The van der Waals surface area contributed by atoms with E-state index in [1.165, 1.54) is 0 Å². The Morgan fingerprint density at radius 3 is 2.52 bits per heavy atom. The molecule has 0 atom stereocenters. The summed E-state index contributed by atoms with van der Waals surface area (Å²) in [5.41, 5.74) is 1.09. The number of likely N-dealkylation sites (N-methyl/N-ethyl adjacent to an activating group) is 1. The van der Waals surface area contributed by atoms with Gasteiger partial charge in [-0.2, -0.15) is 0 Å². The maximum absolute atomic E-state index is 5.75. The molecule has 0 spiro atoms. The first kappa shape index (κ1) is 20.4. The van der Waals surface area contributed by atoms with Crippen LogP contribution >= 0.6 is 0 Å². The van der Waals surface area contributed by atoms with E-state index in [0.717, 1.165) is 35.3 Å². The Labute approximate surface area is 161 Å². The van der Waals surface area contributed by atoms with Crippen molar-refractivity contribution in [2.45, 2.75) is 13.5 Å². The standard InChI is InChI=1S/C21H29N3O3/c1-5-26-19-12-11-17(15-20(19)25-4)16-23-21(22-2)24(3)13-14-27-18-9-7-6-8-10-18/h6-12,15H,5,13-14,16H2,1-4H3,(H,22,23). The maximum Gasteiger partial charge on any atom is 0.193 e. The molecular formula is C21H29N3O3. The van der Waals surface area contributed by atoms with Crippen molar-refractivity contribution in [1.29, 1.82) is 0 Å². The lowest BCUT2D eigenvalue weighted by atomic mass is 10.2. The lowest BCUT2D eigenvalue weighted by molar-refractivity contribution is 0.281. The molecule has 6 nitrogen and oxygen atoms in total. The van der Waals surface area contributed by atoms with Crippen LogP contribution in [0.1, 0.15) is 12.5 Å². The minimum absolute atomic E-state index is 0.581. The van der Waals surface area contributed by atoms with Crippen molar-refractivity contribution < 1.29 is 14.2 Å². The third-order valence-corrected chi connectivity index (χ3v) is 3.99. The number of guanidine groups is 1. The van der Waals surface area contributed by atoms with Gasteiger partial charge in [-0.15, -0.1) is 0 Å². The van der Waals surface area contributed by atoms with Crippen LogP contribution in [0, 0.1) is 0 Å². The molecule has 0 aliphatic carbocycles. The molecule has 0 amide bonds. The molecule has 2 aromatic rings. The molecule has 27 heavy (non-hydrogen) atoms. The number of hydrogen-bond donors (Lipinski definition) is 1. The first-order valence-corrected chi connectivity index (χ1v) is 9.07. The van der Waals surface area contributed by atoms with E-state index in [9.17, 15) is 0 Å². The minimum Gasteiger partial charge on any atom is -0.493 e. The zero-order valence-electron chi connectivity index (χ0n) is 16.6. The predicted octanol–water partition coefficient (Wildman–Crippen LogP) is 3.18. The Hall–Kier alpha value is -2.89. The number of hydrogen-bond acceptors (Lipinski definition) is 4. The van der Waals surface area contributed by atoms with Crippen LogP contribution < -0.4 is 19.5 Å². The summed E-state index contributed by atoms with van der Waals surface area (Å²) in [6, 6.07) is 15.7. The molecule has 1 N–H and O–H groups in total. The molecular weight excluding hydrogens is 342 g/mol. The highest BCUT2D eigenvalue weighted by Crippen LogP contribution is 2.27. The molecule has 6 heteroatoms. The number of nitrogens with one attached hydrogen (secondary N) is 1. The number of aliphatic imine (C=N–C) groups is 1. The average Bonchev–Trinajstić information content (AvgIpc) is 2.70. The van der Waals surface area contributed by atoms with Gasteiger partial charge in [0, 0.05) is 20.6 Å². The quantitative estimate of drug-likeness (QED) is 0.542. The van der Waals surface area contributed by atoms with Gasteiger partial charge in [0.2, 0.25) is 0 Å². The zero-order valence-corrected chi connectivity index (χ0v) is 16.6. The van der Waals surface area contributed by atoms with Crippen LogP contribution in [0.4, 0.5) is 0 Å². The highest BCUT2D eigenvalue weighted by atomic mass is 16.5. The van der Waals surface area contributed by atoms with Gasteiger partial charge in [0.25, 0.3) is 0 Å². The number of methoxy groups -OCH3 is 1. The second-order valence-electron chi connectivity index (χ2n) is 5.90. The van der Waals surface area contributed by atoms with Crippen molar-refractivity contribution in [3.05, 3.63) is 54.1 Å². The second-order valence-corrected chi connectivity index (χ2v) is 5.90. The summed E-state index contributed by atoms with van der Waals surface area (Å²) in [6.07, 6.45) is 0. The number of benzene rings is 2. The van der Waals surface area contributed by atoms with Gasteiger partial charge in [-0.25, -0.2) is 0 Å². The Bertz CT molecular complexity index is 720. The summed E-state index contributed by atoms with van der Waals surface area (Å²) >= 11 is 0. The van der Waals surface area contributed by atoms with Crippen LogP contribution in [-0.2, 0) is 6.54 Å². The van der Waals surface area contributed by atoms with Gasteiger partial charge in [-0.05, 0) is 36.8 Å². The SMILES string of the molecule is CCOc1ccc(CNC(=NC)N(C)CCOc2ccccc2)cc1OC. The fourth-order valence-corrected chi connectivity index (χ4v) is 2.59. The molecule has 2 aromatic carbocycles. The van der Waals surface area contributed by atoms with E-state index in [-0.39, 0.29) is 0 Å². The van der Waals surface area contributed by atoms with Gasteiger partial charge in [0.1, 0.15) is 12.4 Å². The average molecular weight is 371 g/mol. The number of para-hydroxylation sites is 1. The first-order chi connectivity index (χ1) is 13.2. The molecule has 0 aliphatic heterocycles. The van der Waals surface area contributed by atoms with Crippen LogP contribution in [0.2, 0.25) is 0 Å². The molecule has 0 fully saturated rings. The second kappa shape index (κ2) is 11.0. The molecule has 0 saturated heterocycles. The highest BCUT2D eigenvalue weighted by Gasteiger charge is 2.08. The first-order valence-electron chi connectivity index (χ1n) is 9.07. The van der Waals surface area contributed by atoms with Gasteiger partial charge < -0.3 is 24.4 Å². The van der Waals surface area contributed by atoms with E-state index in [0.29, 0.717) is 19.8 Å². The molecule has 0 bridgehead atoms.